The number of rotatable bonds is 6. The Labute approximate surface area is 113 Å². The third kappa shape index (κ3) is 6.64. The number of hydrogen-bond acceptors (Lipinski definition) is 3. The molecule has 0 aliphatic heterocycles. The molecule has 0 aromatic heterocycles. The van der Waals surface area contributed by atoms with E-state index in [0.29, 0.717) is 0 Å². The first-order chi connectivity index (χ1) is 8.65. The number of carboxylic acid groups (broad SMARTS) is 1. The average Bonchev–Trinajstić information content (AvgIpc) is 2.22. The van der Waals surface area contributed by atoms with Gasteiger partial charge in [-0.25, -0.2) is 9.59 Å². The third-order valence-electron chi connectivity index (χ3n) is 2.39. The summed E-state index contributed by atoms with van der Waals surface area (Å²) in [5, 5.41) is 14.0. The average molecular weight is 273 g/mol. The van der Waals surface area contributed by atoms with Gasteiger partial charge < -0.3 is 20.6 Å². The summed E-state index contributed by atoms with van der Waals surface area (Å²) < 4.78 is 0. The van der Waals surface area contributed by atoms with E-state index in [0.717, 1.165) is 4.90 Å². The molecule has 7 nitrogen and oxygen atoms in total. The van der Waals surface area contributed by atoms with Crippen LogP contribution in [0.2, 0.25) is 0 Å². The highest BCUT2D eigenvalue weighted by Gasteiger charge is 2.25. The number of nitrogens with one attached hydrogen (secondary N) is 2. The number of likely N-dealkylation sites (N-methyl/N-ethyl adjacent to an activating group) is 1. The molecule has 0 aromatic rings. The summed E-state index contributed by atoms with van der Waals surface area (Å²) in [6.45, 7) is 6.91. The van der Waals surface area contributed by atoms with Crippen LogP contribution in [0.1, 0.15) is 27.7 Å². The monoisotopic (exact) mass is 273 g/mol. The van der Waals surface area contributed by atoms with E-state index in [-0.39, 0.29) is 24.4 Å². The van der Waals surface area contributed by atoms with E-state index < -0.39 is 18.0 Å². The minimum absolute atomic E-state index is 0.00797. The smallest absolute Gasteiger partial charge is 0.326 e. The van der Waals surface area contributed by atoms with Gasteiger partial charge in [0.05, 0.1) is 0 Å². The summed E-state index contributed by atoms with van der Waals surface area (Å²) in [7, 11) is 1.44. The van der Waals surface area contributed by atoms with Crippen LogP contribution in [0.5, 0.6) is 0 Å². The van der Waals surface area contributed by atoms with Crippen LogP contribution in [0.25, 0.3) is 0 Å². The van der Waals surface area contributed by atoms with E-state index in [1.165, 1.54) is 7.05 Å². The van der Waals surface area contributed by atoms with Gasteiger partial charge in [0.25, 0.3) is 0 Å². The number of amides is 3. The van der Waals surface area contributed by atoms with Gasteiger partial charge in [-0.15, -0.1) is 0 Å². The van der Waals surface area contributed by atoms with Gasteiger partial charge in [0, 0.05) is 13.1 Å². The van der Waals surface area contributed by atoms with E-state index in [1.54, 1.807) is 13.8 Å². The van der Waals surface area contributed by atoms with Gasteiger partial charge in [-0.2, -0.15) is 0 Å². The lowest BCUT2D eigenvalue weighted by Crippen LogP contribution is -2.51. The fourth-order valence-electron chi connectivity index (χ4n) is 1.41. The Bertz CT molecular complexity index is 342. The van der Waals surface area contributed by atoms with Gasteiger partial charge in [-0.1, -0.05) is 13.8 Å². The number of nitrogens with zero attached hydrogens (tertiary/aromatic N) is 1. The Morgan fingerprint density at radius 3 is 2.00 bits per heavy atom. The summed E-state index contributed by atoms with van der Waals surface area (Å²) in [5.41, 5.74) is 0. The van der Waals surface area contributed by atoms with Crippen molar-refractivity contribution in [1.29, 1.82) is 0 Å². The lowest BCUT2D eigenvalue weighted by atomic mass is 10.1. The van der Waals surface area contributed by atoms with Gasteiger partial charge in [-0.05, 0) is 19.8 Å². The maximum Gasteiger partial charge on any atom is 0.326 e. The predicted molar refractivity (Wildman–Crippen MR) is 70.7 cm³/mol. The second kappa shape index (κ2) is 7.60. The Morgan fingerprint density at radius 1 is 1.11 bits per heavy atom. The molecule has 0 heterocycles. The first kappa shape index (κ1) is 17.2. The van der Waals surface area contributed by atoms with Gasteiger partial charge in [-0.3, -0.25) is 4.79 Å². The standard InChI is InChI=1S/C12H23N3O4/c1-7(2)10(11(17)18)14-12(19)15(5)6-9(16)13-8(3)4/h7-8,10H,6H2,1-5H3,(H,13,16)(H,14,19)(H,17,18)/t10-/m0/s1. The highest BCUT2D eigenvalue weighted by molar-refractivity contribution is 5.86. The normalized spacial score (nSPS) is 12.2. The predicted octanol–water partition coefficient (Wildman–Crippen LogP) is 0.262. The molecular weight excluding hydrogens is 250 g/mol. The molecule has 0 fully saturated rings. The number of carbonyl (C=O) groups is 3. The zero-order valence-corrected chi connectivity index (χ0v) is 12.1. The molecule has 110 valence electrons. The Kier molecular flexibility index (Phi) is 6.89. The SMILES string of the molecule is CC(C)NC(=O)CN(C)C(=O)N[C@H](C(=O)O)C(C)C. The highest BCUT2D eigenvalue weighted by atomic mass is 16.4. The van der Waals surface area contributed by atoms with E-state index in [4.69, 9.17) is 5.11 Å². The lowest BCUT2D eigenvalue weighted by Gasteiger charge is -2.23. The largest absolute Gasteiger partial charge is 0.480 e. The van der Waals surface area contributed by atoms with Crippen molar-refractivity contribution in [3.8, 4) is 0 Å². The number of hydrogen-bond donors (Lipinski definition) is 3. The molecule has 0 unspecified atom stereocenters. The van der Waals surface area contributed by atoms with E-state index in [2.05, 4.69) is 10.6 Å². The van der Waals surface area contributed by atoms with E-state index in [9.17, 15) is 14.4 Å². The molecular formula is C12H23N3O4. The molecule has 0 bridgehead atoms. The molecule has 3 amide bonds. The van der Waals surface area contributed by atoms with Crippen LogP contribution in [0.15, 0.2) is 0 Å². The first-order valence-corrected chi connectivity index (χ1v) is 6.19. The van der Waals surface area contributed by atoms with Crippen molar-refractivity contribution >= 4 is 17.9 Å². The van der Waals surface area contributed by atoms with E-state index in [1.807, 2.05) is 13.8 Å². The Hall–Kier alpha value is -1.79. The number of urea groups is 1. The van der Waals surface area contributed by atoms with Crippen LogP contribution < -0.4 is 10.6 Å². The molecule has 0 saturated carbocycles. The van der Waals surface area contributed by atoms with Gasteiger partial charge in [0.2, 0.25) is 5.91 Å². The maximum absolute atomic E-state index is 11.8. The summed E-state index contributed by atoms with van der Waals surface area (Å²) >= 11 is 0. The Morgan fingerprint density at radius 2 is 1.63 bits per heavy atom. The number of aliphatic carboxylic acids is 1. The summed E-state index contributed by atoms with van der Waals surface area (Å²) in [5.74, 6) is -1.62. The zero-order chi connectivity index (χ0) is 15.2. The minimum Gasteiger partial charge on any atom is -0.480 e. The molecule has 3 N–H and O–H groups in total. The van der Waals surface area contributed by atoms with Crippen LogP contribution in [0.4, 0.5) is 4.79 Å². The van der Waals surface area contributed by atoms with Crippen molar-refractivity contribution in [2.24, 2.45) is 5.92 Å². The fourth-order valence-corrected chi connectivity index (χ4v) is 1.41. The van der Waals surface area contributed by atoms with Crippen molar-refractivity contribution in [2.75, 3.05) is 13.6 Å². The van der Waals surface area contributed by atoms with Crippen molar-refractivity contribution in [3.05, 3.63) is 0 Å². The second-order valence-corrected chi connectivity index (χ2v) is 5.09. The molecule has 0 radical (unpaired) electrons. The number of carbonyl (C=O) groups excluding carboxylic acids is 2. The minimum atomic E-state index is -1.09. The molecule has 7 heteroatoms. The molecule has 0 spiro atoms. The fraction of sp³-hybridized carbons (Fsp3) is 0.750. The number of carboxylic acids is 1. The van der Waals surface area contributed by atoms with Crippen molar-refractivity contribution in [2.45, 2.75) is 39.8 Å². The van der Waals surface area contributed by atoms with Crippen LogP contribution in [-0.2, 0) is 9.59 Å². The quantitative estimate of drug-likeness (QED) is 0.646. The van der Waals surface area contributed by atoms with E-state index >= 15 is 0 Å². The third-order valence-corrected chi connectivity index (χ3v) is 2.39. The van der Waals surface area contributed by atoms with Gasteiger partial charge in [0.15, 0.2) is 0 Å². The van der Waals surface area contributed by atoms with Gasteiger partial charge in [0.1, 0.15) is 12.6 Å². The summed E-state index contributed by atoms with van der Waals surface area (Å²) in [4.78, 5) is 35.3. The molecule has 0 aliphatic carbocycles. The molecule has 0 saturated heterocycles. The van der Waals surface area contributed by atoms with Crippen LogP contribution in [0, 0.1) is 5.92 Å². The van der Waals surface area contributed by atoms with Crippen molar-refractivity contribution < 1.29 is 19.5 Å². The highest BCUT2D eigenvalue weighted by Crippen LogP contribution is 2.02. The molecule has 1 atom stereocenters. The van der Waals surface area contributed by atoms with Gasteiger partial charge >= 0.3 is 12.0 Å². The molecule has 19 heavy (non-hydrogen) atoms. The maximum atomic E-state index is 11.8. The van der Waals surface area contributed by atoms with Crippen LogP contribution in [-0.4, -0.2) is 53.6 Å². The lowest BCUT2D eigenvalue weighted by molar-refractivity contribution is -0.140. The molecule has 0 aromatic carbocycles. The first-order valence-electron chi connectivity index (χ1n) is 6.19. The zero-order valence-electron chi connectivity index (χ0n) is 12.1. The van der Waals surface area contributed by atoms with Crippen LogP contribution in [0.3, 0.4) is 0 Å². The van der Waals surface area contributed by atoms with Crippen molar-refractivity contribution in [3.63, 3.8) is 0 Å². The van der Waals surface area contributed by atoms with Crippen LogP contribution >= 0.6 is 0 Å². The molecule has 0 rings (SSSR count). The topological polar surface area (TPSA) is 98.7 Å². The Balaban J connectivity index is 4.41. The summed E-state index contributed by atoms with van der Waals surface area (Å²) in [6, 6.07) is -1.56. The molecule has 0 aliphatic rings. The second-order valence-electron chi connectivity index (χ2n) is 5.09. The van der Waals surface area contributed by atoms with Crippen molar-refractivity contribution in [1.82, 2.24) is 15.5 Å². The summed E-state index contributed by atoms with van der Waals surface area (Å²) in [6.07, 6.45) is 0.